The first kappa shape index (κ1) is 25.4. The maximum absolute atomic E-state index is 13.2. The first-order chi connectivity index (χ1) is 16.7. The number of hydrogen-bond donors (Lipinski definition) is 1. The molecular formula is C27H40N6O2. The zero-order valence-electron chi connectivity index (χ0n) is 22.0. The molecule has 1 aliphatic rings. The molecule has 35 heavy (non-hydrogen) atoms. The fraction of sp³-hybridized carbons (Fsp3) is 0.630. The van der Waals surface area contributed by atoms with Crippen LogP contribution < -0.4 is 10.3 Å². The number of hydrogen-bond acceptors (Lipinski definition) is 6. The van der Waals surface area contributed by atoms with E-state index in [1.165, 1.54) is 12.8 Å². The van der Waals surface area contributed by atoms with E-state index in [0.717, 1.165) is 47.3 Å². The van der Waals surface area contributed by atoms with E-state index in [0.29, 0.717) is 19.2 Å². The summed E-state index contributed by atoms with van der Waals surface area (Å²) in [6, 6.07) is 8.23. The molecule has 1 saturated carbocycles. The molecule has 0 saturated heterocycles. The molecule has 1 N–H and O–H groups in total. The van der Waals surface area contributed by atoms with Crippen molar-refractivity contribution in [2.45, 2.75) is 97.8 Å². The molecule has 0 unspecified atom stereocenters. The fourth-order valence-electron chi connectivity index (χ4n) is 5.28. The molecule has 0 radical (unpaired) electrons. The molecule has 1 aliphatic carbocycles. The Kier molecular flexibility index (Phi) is 7.59. The van der Waals surface area contributed by atoms with Crippen molar-refractivity contribution in [1.82, 2.24) is 30.1 Å². The van der Waals surface area contributed by atoms with Gasteiger partial charge in [0, 0.05) is 29.1 Å². The van der Waals surface area contributed by atoms with Gasteiger partial charge in [-0.25, -0.2) is 4.68 Å². The van der Waals surface area contributed by atoms with Crippen LogP contribution in [0.25, 0.3) is 10.9 Å². The van der Waals surface area contributed by atoms with Crippen LogP contribution in [0.15, 0.2) is 29.1 Å². The van der Waals surface area contributed by atoms with Crippen LogP contribution in [0.4, 0.5) is 0 Å². The van der Waals surface area contributed by atoms with Crippen LogP contribution >= 0.6 is 0 Å². The van der Waals surface area contributed by atoms with Crippen LogP contribution in [0.2, 0.25) is 0 Å². The molecule has 8 nitrogen and oxygen atoms in total. The number of nitrogens with zero attached hydrogens (tertiary/aromatic N) is 5. The van der Waals surface area contributed by atoms with Crippen LogP contribution in [0, 0.1) is 5.92 Å². The van der Waals surface area contributed by atoms with E-state index < -0.39 is 0 Å². The molecular weight excluding hydrogens is 440 g/mol. The summed E-state index contributed by atoms with van der Waals surface area (Å²) in [5.74, 6) is 1.97. The van der Waals surface area contributed by atoms with Crippen LogP contribution in [-0.4, -0.2) is 42.7 Å². The Labute approximate surface area is 208 Å². The van der Waals surface area contributed by atoms with Gasteiger partial charge in [0.25, 0.3) is 5.56 Å². The lowest BCUT2D eigenvalue weighted by Gasteiger charge is -2.39. The summed E-state index contributed by atoms with van der Waals surface area (Å²) in [5.41, 5.74) is 1.35. The van der Waals surface area contributed by atoms with Crippen LogP contribution in [0.3, 0.4) is 0 Å². The minimum absolute atomic E-state index is 0.00350. The number of aromatic amines is 1. The third-order valence-corrected chi connectivity index (χ3v) is 7.54. The maximum atomic E-state index is 13.2. The predicted molar refractivity (Wildman–Crippen MR) is 139 cm³/mol. The quantitative estimate of drug-likeness (QED) is 0.429. The molecule has 8 heteroatoms. The number of rotatable bonds is 10. The number of tetrazole rings is 1. The van der Waals surface area contributed by atoms with E-state index in [4.69, 9.17) is 4.74 Å². The van der Waals surface area contributed by atoms with Crippen LogP contribution in [0.1, 0.15) is 91.1 Å². The second-order valence-corrected chi connectivity index (χ2v) is 10.7. The lowest BCUT2D eigenvalue weighted by Crippen LogP contribution is -2.42. The van der Waals surface area contributed by atoms with Crippen molar-refractivity contribution >= 4 is 10.9 Å². The van der Waals surface area contributed by atoms with Crippen molar-refractivity contribution in [2.24, 2.45) is 5.92 Å². The minimum Gasteiger partial charge on any atom is -0.494 e. The number of aromatic nitrogens is 5. The number of ether oxygens (including phenoxy) is 1. The van der Waals surface area contributed by atoms with Crippen molar-refractivity contribution < 1.29 is 4.74 Å². The van der Waals surface area contributed by atoms with Crippen molar-refractivity contribution in [3.05, 3.63) is 46.0 Å². The van der Waals surface area contributed by atoms with Crippen molar-refractivity contribution in [3.63, 3.8) is 0 Å². The summed E-state index contributed by atoms with van der Waals surface area (Å²) >= 11 is 0. The summed E-state index contributed by atoms with van der Waals surface area (Å²) in [6.45, 7) is 14.1. The van der Waals surface area contributed by atoms with Gasteiger partial charge in [-0.05, 0) is 80.6 Å². The summed E-state index contributed by atoms with van der Waals surface area (Å²) in [7, 11) is 0. The maximum Gasteiger partial charge on any atom is 0.252 e. The number of fused-ring (bicyclic) bond motifs is 1. The highest BCUT2D eigenvalue weighted by molar-refractivity contribution is 5.80. The highest BCUT2D eigenvalue weighted by atomic mass is 16.5. The monoisotopic (exact) mass is 480 g/mol. The third-order valence-electron chi connectivity index (χ3n) is 7.54. The lowest BCUT2D eigenvalue weighted by molar-refractivity contribution is 0.0791. The molecule has 190 valence electrons. The first-order valence-corrected chi connectivity index (χ1v) is 13.1. The number of H-pyrrole nitrogens is 1. The lowest BCUT2D eigenvalue weighted by atomic mass is 9.95. The van der Waals surface area contributed by atoms with Gasteiger partial charge in [-0.15, -0.1) is 5.10 Å². The fourth-order valence-corrected chi connectivity index (χ4v) is 5.28. The molecule has 2 heterocycles. The Hall–Kier alpha value is -2.74. The van der Waals surface area contributed by atoms with Crippen molar-refractivity contribution in [2.75, 3.05) is 6.61 Å². The molecule has 0 aliphatic heterocycles. The van der Waals surface area contributed by atoms with Gasteiger partial charge < -0.3 is 9.72 Å². The van der Waals surface area contributed by atoms with Gasteiger partial charge in [-0.1, -0.05) is 33.6 Å². The molecule has 0 amide bonds. The average Bonchev–Trinajstić information content (AvgIpc) is 3.52. The van der Waals surface area contributed by atoms with Gasteiger partial charge >= 0.3 is 0 Å². The standard InChI is InChI=1S/C27H40N6O2/c1-7-27(5,6)33-25(29-30-31-33)24(18(3)4)32(21-11-9-10-12-21)17-20-15-19-16-22(35-8-2)13-14-23(19)28-26(20)34/h13-16,18,21,24H,7-12,17H2,1-6H3,(H,28,34)/t24-/m0/s1. The van der Waals surface area contributed by atoms with Gasteiger partial charge in [-0.2, -0.15) is 0 Å². The molecule has 3 aromatic rings. The predicted octanol–water partition coefficient (Wildman–Crippen LogP) is 5.20. The zero-order valence-corrected chi connectivity index (χ0v) is 22.0. The molecule has 1 fully saturated rings. The second kappa shape index (κ2) is 10.5. The molecule has 0 bridgehead atoms. The average molecular weight is 481 g/mol. The second-order valence-electron chi connectivity index (χ2n) is 10.7. The third kappa shape index (κ3) is 5.27. The Morgan fingerprint density at radius 1 is 1.20 bits per heavy atom. The highest BCUT2D eigenvalue weighted by Crippen LogP contribution is 2.37. The number of benzene rings is 1. The summed E-state index contributed by atoms with van der Waals surface area (Å²) in [5, 5.41) is 14.0. The van der Waals surface area contributed by atoms with Crippen LogP contribution in [0.5, 0.6) is 5.75 Å². The highest BCUT2D eigenvalue weighted by Gasteiger charge is 2.37. The summed E-state index contributed by atoms with van der Waals surface area (Å²) in [6.07, 6.45) is 5.60. The molecule has 4 rings (SSSR count). The van der Waals surface area contributed by atoms with E-state index >= 15 is 0 Å². The Balaban J connectivity index is 1.77. The van der Waals surface area contributed by atoms with E-state index in [1.54, 1.807) is 0 Å². The van der Waals surface area contributed by atoms with Crippen LogP contribution in [-0.2, 0) is 12.1 Å². The first-order valence-electron chi connectivity index (χ1n) is 13.1. The van der Waals surface area contributed by atoms with Gasteiger partial charge in [0.05, 0.1) is 18.2 Å². The topological polar surface area (TPSA) is 88.9 Å². The smallest absolute Gasteiger partial charge is 0.252 e. The summed E-state index contributed by atoms with van der Waals surface area (Å²) in [4.78, 5) is 18.8. The van der Waals surface area contributed by atoms with E-state index in [-0.39, 0.29) is 23.1 Å². The molecule has 1 aromatic carbocycles. The van der Waals surface area contributed by atoms with E-state index in [2.05, 4.69) is 60.0 Å². The van der Waals surface area contributed by atoms with Crippen molar-refractivity contribution in [3.8, 4) is 5.75 Å². The normalized spacial score (nSPS) is 16.0. The largest absolute Gasteiger partial charge is 0.494 e. The van der Waals surface area contributed by atoms with Crippen molar-refractivity contribution in [1.29, 1.82) is 0 Å². The Bertz CT molecular complexity index is 1190. The summed E-state index contributed by atoms with van der Waals surface area (Å²) < 4.78 is 7.69. The van der Waals surface area contributed by atoms with E-state index in [1.807, 2.05) is 35.9 Å². The van der Waals surface area contributed by atoms with Gasteiger partial charge in [0.2, 0.25) is 0 Å². The number of pyridine rings is 1. The SMILES string of the molecule is CCOc1ccc2[nH]c(=O)c(CN(C3CCCC3)[C@H](c3nnnn3C(C)(C)CC)C(C)C)cc2c1. The van der Waals surface area contributed by atoms with Gasteiger partial charge in [-0.3, -0.25) is 9.69 Å². The number of nitrogens with one attached hydrogen (secondary N) is 1. The Morgan fingerprint density at radius 3 is 2.60 bits per heavy atom. The Morgan fingerprint density at radius 2 is 1.94 bits per heavy atom. The molecule has 1 atom stereocenters. The molecule has 2 aromatic heterocycles. The zero-order chi connectivity index (χ0) is 25.2. The van der Waals surface area contributed by atoms with Gasteiger partial charge in [0.15, 0.2) is 5.82 Å². The minimum atomic E-state index is -0.191. The van der Waals surface area contributed by atoms with E-state index in [9.17, 15) is 4.79 Å². The molecule has 0 spiro atoms. The van der Waals surface area contributed by atoms with Gasteiger partial charge in [0.1, 0.15) is 5.75 Å².